The topological polar surface area (TPSA) is 114 Å². The molecule has 254 valence electrons. The van der Waals surface area contributed by atoms with E-state index in [-0.39, 0.29) is 19.0 Å². The van der Waals surface area contributed by atoms with E-state index in [0.717, 1.165) is 23.1 Å². The van der Waals surface area contributed by atoms with Crippen molar-refractivity contribution < 1.29 is 28.7 Å². The van der Waals surface area contributed by atoms with Gasteiger partial charge < -0.3 is 25.0 Å². The minimum Gasteiger partial charge on any atom is -0.458 e. The van der Waals surface area contributed by atoms with E-state index in [4.69, 9.17) is 9.47 Å². The smallest absolute Gasteiger partial charge is 0.408 e. The van der Waals surface area contributed by atoms with Gasteiger partial charge in [0.25, 0.3) is 0 Å². The van der Waals surface area contributed by atoms with Crippen LogP contribution in [0.15, 0.2) is 48.5 Å². The van der Waals surface area contributed by atoms with Crippen molar-refractivity contribution in [2.75, 3.05) is 6.54 Å². The zero-order valence-corrected chi connectivity index (χ0v) is 29.7. The van der Waals surface area contributed by atoms with Crippen molar-refractivity contribution in [2.45, 2.75) is 125 Å². The first-order valence-electron chi connectivity index (χ1n) is 16.2. The second-order valence-corrected chi connectivity index (χ2v) is 14.5. The lowest BCUT2D eigenvalue weighted by Gasteiger charge is -2.38. The lowest BCUT2D eigenvalue weighted by atomic mass is 9.91. The maximum Gasteiger partial charge on any atom is 0.408 e. The Hall–Kier alpha value is -3.88. The van der Waals surface area contributed by atoms with Gasteiger partial charge in [-0.3, -0.25) is 9.59 Å². The second-order valence-electron chi connectivity index (χ2n) is 14.5. The number of nitrogens with zero attached hydrogens (tertiary/aromatic N) is 1. The highest BCUT2D eigenvalue weighted by molar-refractivity contribution is 5.93. The summed E-state index contributed by atoms with van der Waals surface area (Å²) in [6.07, 6.45) is 0.930. The van der Waals surface area contributed by atoms with Crippen LogP contribution in [0.1, 0.15) is 103 Å². The molecule has 0 fully saturated rings. The van der Waals surface area contributed by atoms with E-state index >= 15 is 0 Å². The van der Waals surface area contributed by atoms with Crippen LogP contribution in [0.5, 0.6) is 0 Å². The highest BCUT2D eigenvalue weighted by atomic mass is 16.6. The molecule has 0 saturated heterocycles. The third-order valence-electron chi connectivity index (χ3n) is 7.34. The fourth-order valence-corrected chi connectivity index (χ4v) is 5.23. The molecule has 0 spiro atoms. The van der Waals surface area contributed by atoms with Gasteiger partial charge in [-0.25, -0.2) is 9.59 Å². The van der Waals surface area contributed by atoms with Crippen molar-refractivity contribution in [3.05, 3.63) is 70.8 Å². The van der Waals surface area contributed by atoms with Crippen LogP contribution in [-0.2, 0) is 30.3 Å². The SMILES string of the molecule is Cc1cccc(C)c1C(C(=O)NC(Cc1ccccc1)C(=O)OC(C)(C)C)N(C(=O)CNC(=O)OC(C)(C)C)C(C)CCC(C)C. The number of amides is 3. The number of alkyl carbamates (subject to hydrolysis) is 1. The molecule has 0 aliphatic heterocycles. The summed E-state index contributed by atoms with van der Waals surface area (Å²) < 4.78 is 11.1. The van der Waals surface area contributed by atoms with Gasteiger partial charge in [0, 0.05) is 12.5 Å². The molecule has 0 bridgehead atoms. The monoisotopic (exact) mass is 637 g/mol. The third kappa shape index (κ3) is 12.5. The molecule has 3 amide bonds. The fraction of sp³-hybridized carbons (Fsp3) is 0.568. The van der Waals surface area contributed by atoms with E-state index < -0.39 is 47.2 Å². The molecule has 9 heteroatoms. The van der Waals surface area contributed by atoms with Gasteiger partial charge >= 0.3 is 12.1 Å². The molecule has 0 aliphatic carbocycles. The van der Waals surface area contributed by atoms with E-state index in [0.29, 0.717) is 17.9 Å². The van der Waals surface area contributed by atoms with Gasteiger partial charge in [-0.2, -0.15) is 0 Å². The highest BCUT2D eigenvalue weighted by Gasteiger charge is 2.39. The number of aryl methyl sites for hydroxylation is 2. The van der Waals surface area contributed by atoms with Gasteiger partial charge in [0.05, 0.1) is 0 Å². The molecule has 2 aromatic rings. The summed E-state index contributed by atoms with van der Waals surface area (Å²) in [5, 5.41) is 5.55. The average Bonchev–Trinajstić information content (AvgIpc) is 2.92. The lowest BCUT2D eigenvalue weighted by molar-refractivity contribution is -0.159. The van der Waals surface area contributed by atoms with Crippen LogP contribution in [0.25, 0.3) is 0 Å². The Kier molecular flexibility index (Phi) is 13.8. The highest BCUT2D eigenvalue weighted by Crippen LogP contribution is 2.31. The summed E-state index contributed by atoms with van der Waals surface area (Å²) >= 11 is 0. The van der Waals surface area contributed by atoms with Crippen molar-refractivity contribution in [2.24, 2.45) is 5.92 Å². The number of carbonyl (C=O) groups excluding carboxylic acids is 4. The van der Waals surface area contributed by atoms with Crippen LogP contribution in [0.3, 0.4) is 0 Å². The Morgan fingerprint density at radius 2 is 1.35 bits per heavy atom. The first-order valence-corrected chi connectivity index (χ1v) is 16.2. The largest absolute Gasteiger partial charge is 0.458 e. The number of hydrogen-bond acceptors (Lipinski definition) is 6. The average molecular weight is 638 g/mol. The summed E-state index contributed by atoms with van der Waals surface area (Å²) in [6.45, 7) is 20.1. The van der Waals surface area contributed by atoms with Gasteiger partial charge in [-0.05, 0) is 103 Å². The van der Waals surface area contributed by atoms with Gasteiger partial charge in [-0.15, -0.1) is 0 Å². The molecule has 0 aliphatic rings. The molecule has 3 atom stereocenters. The van der Waals surface area contributed by atoms with Crippen LogP contribution in [0.2, 0.25) is 0 Å². The molecule has 2 N–H and O–H groups in total. The van der Waals surface area contributed by atoms with E-state index in [9.17, 15) is 19.2 Å². The van der Waals surface area contributed by atoms with E-state index in [1.165, 1.54) is 0 Å². The Bertz CT molecular complexity index is 1310. The molecular formula is C37H55N3O6. The van der Waals surface area contributed by atoms with Crippen molar-refractivity contribution in [3.63, 3.8) is 0 Å². The summed E-state index contributed by atoms with van der Waals surface area (Å²) in [5.41, 5.74) is 1.65. The van der Waals surface area contributed by atoms with E-state index in [1.807, 2.05) is 69.3 Å². The zero-order valence-electron chi connectivity index (χ0n) is 29.7. The second kappa shape index (κ2) is 16.6. The zero-order chi connectivity index (χ0) is 34.8. The van der Waals surface area contributed by atoms with Crippen molar-refractivity contribution in [3.8, 4) is 0 Å². The van der Waals surface area contributed by atoms with Gasteiger partial charge in [0.2, 0.25) is 11.8 Å². The summed E-state index contributed by atoms with van der Waals surface area (Å²) in [6, 6.07) is 12.6. The Labute approximate surface area is 275 Å². The molecular weight excluding hydrogens is 582 g/mol. The normalized spacial score (nSPS) is 13.7. The number of benzene rings is 2. The van der Waals surface area contributed by atoms with Crippen molar-refractivity contribution >= 4 is 23.9 Å². The maximum absolute atomic E-state index is 14.6. The third-order valence-corrected chi connectivity index (χ3v) is 7.34. The Balaban J connectivity index is 2.62. The Morgan fingerprint density at radius 1 is 0.783 bits per heavy atom. The van der Waals surface area contributed by atoms with Crippen LogP contribution in [0.4, 0.5) is 4.79 Å². The number of esters is 1. The summed E-state index contributed by atoms with van der Waals surface area (Å²) in [7, 11) is 0. The van der Waals surface area contributed by atoms with E-state index in [2.05, 4.69) is 24.5 Å². The van der Waals surface area contributed by atoms with Gasteiger partial charge in [0.1, 0.15) is 29.8 Å². The Morgan fingerprint density at radius 3 is 1.87 bits per heavy atom. The number of ether oxygens (including phenoxy) is 2. The molecule has 2 rings (SSSR count). The molecule has 9 nitrogen and oxygen atoms in total. The van der Waals surface area contributed by atoms with Crippen molar-refractivity contribution in [1.82, 2.24) is 15.5 Å². The van der Waals surface area contributed by atoms with Crippen LogP contribution >= 0.6 is 0 Å². The maximum atomic E-state index is 14.6. The molecule has 0 radical (unpaired) electrons. The summed E-state index contributed by atoms with van der Waals surface area (Å²) in [4.78, 5) is 56.3. The number of rotatable bonds is 13. The van der Waals surface area contributed by atoms with Crippen molar-refractivity contribution in [1.29, 1.82) is 0 Å². The first kappa shape index (κ1) is 38.3. The van der Waals surface area contributed by atoms with Crippen LogP contribution < -0.4 is 10.6 Å². The predicted octanol–water partition coefficient (Wildman–Crippen LogP) is 6.59. The summed E-state index contributed by atoms with van der Waals surface area (Å²) in [5.74, 6) is -1.15. The molecule has 0 aromatic heterocycles. The minimum atomic E-state index is -1.09. The first-order chi connectivity index (χ1) is 21.3. The van der Waals surface area contributed by atoms with E-state index in [1.54, 1.807) is 46.4 Å². The lowest BCUT2D eigenvalue weighted by Crippen LogP contribution is -2.54. The van der Waals surface area contributed by atoms with Crippen LogP contribution in [0, 0.1) is 19.8 Å². The molecule has 3 unspecified atom stereocenters. The quantitative estimate of drug-likeness (QED) is 0.240. The molecule has 0 saturated carbocycles. The predicted molar refractivity (Wildman–Crippen MR) is 181 cm³/mol. The van der Waals surface area contributed by atoms with Gasteiger partial charge in [0.15, 0.2) is 0 Å². The number of nitrogens with one attached hydrogen (secondary N) is 2. The molecule has 46 heavy (non-hydrogen) atoms. The van der Waals surface area contributed by atoms with Gasteiger partial charge in [-0.1, -0.05) is 62.4 Å². The molecule has 0 heterocycles. The molecule has 2 aromatic carbocycles. The minimum absolute atomic E-state index is 0.206. The van der Waals surface area contributed by atoms with Crippen LogP contribution in [-0.4, -0.2) is 58.6 Å². The number of hydrogen-bond donors (Lipinski definition) is 2. The standard InChI is InChI=1S/C37H55N3O6/c1-24(2)20-21-27(5)40(30(41)23-38-35(44)46-37(9,10)11)32(31-25(3)16-15-17-26(31)4)33(42)39-29(34(43)45-36(6,7)8)22-28-18-13-12-14-19-28/h12-19,24,27,29,32H,20-23H2,1-11H3,(H,38,44)(H,39,42). The number of carbonyl (C=O) groups is 4. The fourth-order valence-electron chi connectivity index (χ4n) is 5.23.